The Bertz CT molecular complexity index is 607. The van der Waals surface area contributed by atoms with Crippen LogP contribution in [-0.4, -0.2) is 39.4 Å². The van der Waals surface area contributed by atoms with Crippen molar-refractivity contribution >= 4 is 34.6 Å². The maximum atomic E-state index is 12.0. The van der Waals surface area contributed by atoms with Crippen LogP contribution in [0.25, 0.3) is 11.2 Å². The standard InChI is InChI=1S/C11H14ClN5O/c1-6(10(18)16(2)3)17-9-8(15-11(17)13)4-7(12)5-14-9/h4-6H,1-3H3,(H2,13,15). The Kier molecular flexibility index (Phi) is 3.13. The van der Waals surface area contributed by atoms with Crippen LogP contribution in [0.3, 0.4) is 0 Å². The Balaban J connectivity index is 2.57. The molecule has 0 aliphatic carbocycles. The average molecular weight is 268 g/mol. The first kappa shape index (κ1) is 12.6. The molecule has 0 aromatic carbocycles. The van der Waals surface area contributed by atoms with Crippen LogP contribution < -0.4 is 5.73 Å². The lowest BCUT2D eigenvalue weighted by atomic mass is 10.3. The van der Waals surface area contributed by atoms with Gasteiger partial charge in [-0.25, -0.2) is 9.97 Å². The van der Waals surface area contributed by atoms with Crippen LogP contribution in [0.15, 0.2) is 12.3 Å². The summed E-state index contributed by atoms with van der Waals surface area (Å²) in [6.45, 7) is 1.76. The van der Waals surface area contributed by atoms with Crippen molar-refractivity contribution in [1.82, 2.24) is 19.4 Å². The summed E-state index contributed by atoms with van der Waals surface area (Å²) in [4.78, 5) is 21.8. The fraction of sp³-hybridized carbons (Fsp3) is 0.364. The average Bonchev–Trinajstić information content (AvgIpc) is 2.62. The molecule has 0 fully saturated rings. The number of hydrogen-bond acceptors (Lipinski definition) is 4. The van der Waals surface area contributed by atoms with E-state index >= 15 is 0 Å². The lowest BCUT2D eigenvalue weighted by Crippen LogP contribution is -2.30. The topological polar surface area (TPSA) is 77.0 Å². The number of aromatic nitrogens is 3. The molecule has 1 unspecified atom stereocenters. The van der Waals surface area contributed by atoms with Crippen LogP contribution in [0.1, 0.15) is 13.0 Å². The van der Waals surface area contributed by atoms with Crippen molar-refractivity contribution in [1.29, 1.82) is 0 Å². The molecule has 0 saturated carbocycles. The highest BCUT2D eigenvalue weighted by atomic mass is 35.5. The first-order chi connectivity index (χ1) is 8.41. The second kappa shape index (κ2) is 4.45. The van der Waals surface area contributed by atoms with Gasteiger partial charge < -0.3 is 10.6 Å². The number of carbonyl (C=O) groups is 1. The van der Waals surface area contributed by atoms with E-state index in [0.717, 1.165) is 0 Å². The number of hydrogen-bond donors (Lipinski definition) is 1. The molecule has 2 aromatic rings. The van der Waals surface area contributed by atoms with Gasteiger partial charge in [0, 0.05) is 20.3 Å². The van der Waals surface area contributed by atoms with Crippen molar-refractivity contribution in [3.63, 3.8) is 0 Å². The summed E-state index contributed by atoms with van der Waals surface area (Å²) < 4.78 is 1.61. The van der Waals surface area contributed by atoms with Gasteiger partial charge in [0.15, 0.2) is 5.65 Å². The number of pyridine rings is 1. The highest BCUT2D eigenvalue weighted by molar-refractivity contribution is 6.31. The second-order valence-corrected chi connectivity index (χ2v) is 4.68. The second-order valence-electron chi connectivity index (χ2n) is 4.24. The van der Waals surface area contributed by atoms with E-state index in [1.165, 1.54) is 11.1 Å². The number of likely N-dealkylation sites (N-methyl/N-ethyl adjacent to an activating group) is 1. The van der Waals surface area contributed by atoms with Crippen LogP contribution in [0.4, 0.5) is 5.95 Å². The van der Waals surface area contributed by atoms with E-state index in [0.29, 0.717) is 16.2 Å². The van der Waals surface area contributed by atoms with Crippen molar-refractivity contribution in [3.8, 4) is 0 Å². The molecule has 2 N–H and O–H groups in total. The zero-order valence-electron chi connectivity index (χ0n) is 10.4. The van der Waals surface area contributed by atoms with Crippen LogP contribution in [0.2, 0.25) is 5.02 Å². The first-order valence-electron chi connectivity index (χ1n) is 5.42. The van der Waals surface area contributed by atoms with Crippen molar-refractivity contribution < 1.29 is 4.79 Å². The molecular formula is C11H14ClN5O. The molecule has 1 amide bonds. The molecule has 96 valence electrons. The predicted octanol–water partition coefficient (Wildman–Crippen LogP) is 1.32. The molecule has 1 atom stereocenters. The molecule has 2 heterocycles. The van der Waals surface area contributed by atoms with Gasteiger partial charge in [-0.1, -0.05) is 11.6 Å². The summed E-state index contributed by atoms with van der Waals surface area (Å²) in [5, 5.41) is 0.485. The number of imidazole rings is 1. The molecular weight excluding hydrogens is 254 g/mol. The molecule has 2 rings (SSSR count). The smallest absolute Gasteiger partial charge is 0.245 e. The third-order valence-electron chi connectivity index (χ3n) is 2.71. The number of carbonyl (C=O) groups excluding carboxylic acids is 1. The van der Waals surface area contributed by atoms with Gasteiger partial charge in [0.1, 0.15) is 11.6 Å². The molecule has 7 heteroatoms. The van der Waals surface area contributed by atoms with Gasteiger partial charge in [0.2, 0.25) is 11.9 Å². The molecule has 0 spiro atoms. The maximum absolute atomic E-state index is 12.0. The SMILES string of the molecule is CC(C(=O)N(C)C)n1c(N)nc2cc(Cl)cnc21. The van der Waals surface area contributed by atoms with Crippen molar-refractivity contribution in [2.24, 2.45) is 0 Å². The summed E-state index contributed by atoms with van der Waals surface area (Å²) >= 11 is 5.85. The Morgan fingerprint density at radius 3 is 2.83 bits per heavy atom. The van der Waals surface area contributed by atoms with Crippen molar-refractivity contribution in [2.45, 2.75) is 13.0 Å². The summed E-state index contributed by atoms with van der Waals surface area (Å²) in [6, 6.07) is 1.21. The Hall–Kier alpha value is -1.82. The van der Waals surface area contributed by atoms with Gasteiger partial charge in [0.05, 0.1) is 5.02 Å². The summed E-state index contributed by atoms with van der Waals surface area (Å²) in [7, 11) is 3.39. The Morgan fingerprint density at radius 2 is 2.22 bits per heavy atom. The Labute approximate surface area is 109 Å². The van der Waals surface area contributed by atoms with Gasteiger partial charge in [0.25, 0.3) is 0 Å². The molecule has 0 saturated heterocycles. The number of anilines is 1. The molecule has 18 heavy (non-hydrogen) atoms. The zero-order valence-corrected chi connectivity index (χ0v) is 11.1. The lowest BCUT2D eigenvalue weighted by Gasteiger charge is -2.19. The van der Waals surface area contributed by atoms with Gasteiger partial charge in [-0.2, -0.15) is 0 Å². The molecule has 0 aliphatic rings. The monoisotopic (exact) mass is 267 g/mol. The normalized spacial score (nSPS) is 12.7. The molecule has 0 aliphatic heterocycles. The van der Waals surface area contributed by atoms with Crippen molar-refractivity contribution in [2.75, 3.05) is 19.8 Å². The van der Waals surface area contributed by atoms with Crippen LogP contribution >= 0.6 is 11.6 Å². The van der Waals surface area contributed by atoms with Crippen LogP contribution in [0.5, 0.6) is 0 Å². The van der Waals surface area contributed by atoms with E-state index in [1.807, 2.05) is 0 Å². The maximum Gasteiger partial charge on any atom is 0.245 e. The fourth-order valence-corrected chi connectivity index (χ4v) is 1.99. The third-order valence-corrected chi connectivity index (χ3v) is 2.92. The summed E-state index contributed by atoms with van der Waals surface area (Å²) in [5.41, 5.74) is 6.98. The molecule has 0 radical (unpaired) electrons. The van der Waals surface area contributed by atoms with Crippen LogP contribution in [-0.2, 0) is 4.79 Å². The number of amides is 1. The van der Waals surface area contributed by atoms with Crippen molar-refractivity contribution in [3.05, 3.63) is 17.3 Å². The largest absolute Gasteiger partial charge is 0.369 e. The number of nitrogens with zero attached hydrogens (tertiary/aromatic N) is 4. The minimum Gasteiger partial charge on any atom is -0.369 e. The van der Waals surface area contributed by atoms with Gasteiger partial charge in [-0.15, -0.1) is 0 Å². The Morgan fingerprint density at radius 1 is 1.56 bits per heavy atom. The summed E-state index contributed by atoms with van der Waals surface area (Å²) in [5.74, 6) is 0.181. The molecule has 2 aromatic heterocycles. The molecule has 0 bridgehead atoms. The van der Waals surface area contributed by atoms with E-state index in [4.69, 9.17) is 17.3 Å². The third kappa shape index (κ3) is 1.99. The first-order valence-corrected chi connectivity index (χ1v) is 5.79. The van der Waals surface area contributed by atoms with Gasteiger partial charge >= 0.3 is 0 Å². The van der Waals surface area contributed by atoms with E-state index < -0.39 is 6.04 Å². The minimum absolute atomic E-state index is 0.0715. The van der Waals surface area contributed by atoms with Crippen LogP contribution in [0, 0.1) is 0 Å². The van der Waals surface area contributed by atoms with E-state index in [-0.39, 0.29) is 11.9 Å². The lowest BCUT2D eigenvalue weighted by molar-refractivity contribution is -0.131. The minimum atomic E-state index is -0.460. The number of nitrogens with two attached hydrogens (primary N) is 1. The van der Waals surface area contributed by atoms with Gasteiger partial charge in [-0.05, 0) is 13.0 Å². The van der Waals surface area contributed by atoms with E-state index in [1.54, 1.807) is 31.7 Å². The zero-order chi connectivity index (χ0) is 13.4. The number of halogens is 1. The highest BCUT2D eigenvalue weighted by Gasteiger charge is 2.22. The van der Waals surface area contributed by atoms with Gasteiger partial charge in [-0.3, -0.25) is 9.36 Å². The molecule has 6 nitrogen and oxygen atoms in total. The predicted molar refractivity (Wildman–Crippen MR) is 70.4 cm³/mol. The number of nitrogen functional groups attached to an aromatic ring is 1. The van der Waals surface area contributed by atoms with E-state index in [2.05, 4.69) is 9.97 Å². The fourth-order valence-electron chi connectivity index (χ4n) is 1.84. The van der Waals surface area contributed by atoms with E-state index in [9.17, 15) is 4.79 Å². The number of rotatable bonds is 2. The highest BCUT2D eigenvalue weighted by Crippen LogP contribution is 2.23. The summed E-state index contributed by atoms with van der Waals surface area (Å²) in [6.07, 6.45) is 1.51. The number of fused-ring (bicyclic) bond motifs is 1. The quantitative estimate of drug-likeness (QED) is 0.890.